The number of thiophene rings is 1. The van der Waals surface area contributed by atoms with Crippen LogP contribution < -0.4 is 10.1 Å². The van der Waals surface area contributed by atoms with Gasteiger partial charge in [0.05, 0.1) is 24.1 Å². The molecule has 0 unspecified atom stereocenters. The van der Waals surface area contributed by atoms with Gasteiger partial charge in [0.15, 0.2) is 0 Å². The van der Waals surface area contributed by atoms with Crippen molar-refractivity contribution in [2.45, 2.75) is 20.8 Å². The van der Waals surface area contributed by atoms with Gasteiger partial charge in [0.2, 0.25) is 0 Å². The zero-order valence-corrected chi connectivity index (χ0v) is 17.1. The van der Waals surface area contributed by atoms with Crippen LogP contribution in [0, 0.1) is 12.8 Å². The Hall–Kier alpha value is -2.38. The number of carbonyl (C=O) groups excluding carboxylic acids is 1. The van der Waals surface area contributed by atoms with Crippen LogP contribution in [-0.2, 0) is 4.74 Å². The van der Waals surface area contributed by atoms with Gasteiger partial charge in [-0.2, -0.15) is 0 Å². The SMILES string of the molecule is COc1ccc(Nc2ncnc3sc(C(=O)OCC(C)C)c(C)c23)cc1Cl. The molecule has 0 radical (unpaired) electrons. The third-order valence-electron chi connectivity index (χ3n) is 3.87. The molecule has 0 atom stereocenters. The van der Waals surface area contributed by atoms with Gasteiger partial charge in [-0.25, -0.2) is 14.8 Å². The Balaban J connectivity index is 1.95. The van der Waals surface area contributed by atoms with Crippen molar-refractivity contribution in [2.24, 2.45) is 5.92 Å². The third kappa shape index (κ3) is 4.14. The summed E-state index contributed by atoms with van der Waals surface area (Å²) in [6.45, 7) is 6.26. The molecule has 2 heterocycles. The highest BCUT2D eigenvalue weighted by molar-refractivity contribution is 7.20. The molecule has 3 rings (SSSR count). The monoisotopic (exact) mass is 405 g/mol. The van der Waals surface area contributed by atoms with Gasteiger partial charge >= 0.3 is 5.97 Å². The van der Waals surface area contributed by atoms with Crippen LogP contribution >= 0.6 is 22.9 Å². The van der Waals surface area contributed by atoms with E-state index in [-0.39, 0.29) is 11.9 Å². The Morgan fingerprint density at radius 3 is 2.78 bits per heavy atom. The number of nitrogens with zero attached hydrogens (tertiary/aromatic N) is 2. The van der Waals surface area contributed by atoms with Crippen LogP contribution in [0.1, 0.15) is 29.1 Å². The van der Waals surface area contributed by atoms with Crippen molar-refractivity contribution in [1.29, 1.82) is 0 Å². The maximum absolute atomic E-state index is 12.4. The van der Waals surface area contributed by atoms with E-state index in [1.165, 1.54) is 17.7 Å². The Morgan fingerprint density at radius 1 is 1.33 bits per heavy atom. The molecule has 0 saturated heterocycles. The number of anilines is 2. The van der Waals surface area contributed by atoms with E-state index in [9.17, 15) is 4.79 Å². The smallest absolute Gasteiger partial charge is 0.348 e. The van der Waals surface area contributed by atoms with Gasteiger partial charge < -0.3 is 14.8 Å². The Morgan fingerprint density at radius 2 is 2.11 bits per heavy atom. The lowest BCUT2D eigenvalue weighted by molar-refractivity contribution is 0.0464. The first-order valence-corrected chi connectivity index (χ1v) is 9.62. The molecule has 0 aliphatic heterocycles. The molecule has 1 N–H and O–H groups in total. The van der Waals surface area contributed by atoms with Crippen LogP contribution in [0.5, 0.6) is 5.75 Å². The molecule has 1 aromatic carbocycles. The Bertz CT molecular complexity index is 988. The molecule has 0 fully saturated rings. The predicted octanol–water partition coefficient (Wildman–Crippen LogP) is 5.22. The summed E-state index contributed by atoms with van der Waals surface area (Å²) < 4.78 is 10.5. The van der Waals surface area contributed by atoms with E-state index in [0.29, 0.717) is 28.1 Å². The summed E-state index contributed by atoms with van der Waals surface area (Å²) in [6, 6.07) is 5.38. The topological polar surface area (TPSA) is 73.3 Å². The number of methoxy groups -OCH3 is 1. The van der Waals surface area contributed by atoms with Crippen LogP contribution in [0.2, 0.25) is 5.02 Å². The zero-order chi connectivity index (χ0) is 19.6. The molecule has 27 heavy (non-hydrogen) atoms. The number of benzene rings is 1. The van der Waals surface area contributed by atoms with E-state index in [0.717, 1.165) is 21.5 Å². The van der Waals surface area contributed by atoms with Crippen molar-refractivity contribution in [3.8, 4) is 5.75 Å². The summed E-state index contributed by atoms with van der Waals surface area (Å²) >= 11 is 7.50. The zero-order valence-electron chi connectivity index (χ0n) is 15.5. The number of fused-ring (bicyclic) bond motifs is 1. The van der Waals surface area contributed by atoms with E-state index < -0.39 is 0 Å². The van der Waals surface area contributed by atoms with Gasteiger partial charge in [-0.15, -0.1) is 11.3 Å². The summed E-state index contributed by atoms with van der Waals surface area (Å²) in [5.74, 6) is 1.15. The molecule has 3 aromatic rings. The average Bonchev–Trinajstić information content (AvgIpc) is 2.98. The van der Waals surface area contributed by atoms with E-state index in [2.05, 4.69) is 15.3 Å². The second-order valence-electron chi connectivity index (χ2n) is 6.43. The van der Waals surface area contributed by atoms with Gasteiger partial charge in [-0.05, 0) is 36.6 Å². The molecular formula is C19H20ClN3O3S. The molecule has 0 bridgehead atoms. The minimum atomic E-state index is -0.331. The second kappa shape index (κ2) is 8.10. The van der Waals surface area contributed by atoms with Crippen molar-refractivity contribution in [1.82, 2.24) is 9.97 Å². The largest absolute Gasteiger partial charge is 0.495 e. The minimum absolute atomic E-state index is 0.278. The van der Waals surface area contributed by atoms with Crippen molar-refractivity contribution < 1.29 is 14.3 Å². The van der Waals surface area contributed by atoms with Crippen LogP contribution in [0.25, 0.3) is 10.2 Å². The average molecular weight is 406 g/mol. The molecule has 0 aliphatic rings. The van der Waals surface area contributed by atoms with Crippen molar-refractivity contribution in [2.75, 3.05) is 19.0 Å². The van der Waals surface area contributed by atoms with Gasteiger partial charge in [0.25, 0.3) is 0 Å². The number of aryl methyl sites for hydroxylation is 1. The lowest BCUT2D eigenvalue weighted by Gasteiger charge is -2.09. The number of hydrogen-bond acceptors (Lipinski definition) is 7. The number of ether oxygens (including phenoxy) is 2. The van der Waals surface area contributed by atoms with Crippen LogP contribution in [0.4, 0.5) is 11.5 Å². The van der Waals surface area contributed by atoms with Crippen molar-refractivity contribution >= 4 is 50.6 Å². The standard InChI is InChI=1S/C19H20ClN3O3S/c1-10(2)8-26-19(24)16-11(3)15-17(21-9-22-18(15)27-16)23-12-5-6-14(25-4)13(20)7-12/h5-7,9-10H,8H2,1-4H3,(H,21,22,23). The number of carbonyl (C=O) groups is 1. The molecule has 142 valence electrons. The first-order chi connectivity index (χ1) is 12.9. The Labute approximate surface area is 166 Å². The van der Waals surface area contributed by atoms with Gasteiger partial charge in [0.1, 0.15) is 27.6 Å². The van der Waals surface area contributed by atoms with Crippen LogP contribution in [0.3, 0.4) is 0 Å². The summed E-state index contributed by atoms with van der Waals surface area (Å²) in [5.41, 5.74) is 1.56. The van der Waals surface area contributed by atoms with Crippen LogP contribution in [-0.4, -0.2) is 29.7 Å². The fourth-order valence-corrected chi connectivity index (χ4v) is 3.85. The molecule has 6 nitrogen and oxygen atoms in total. The van der Waals surface area contributed by atoms with Crippen molar-refractivity contribution in [3.63, 3.8) is 0 Å². The number of aromatic nitrogens is 2. The molecule has 0 aliphatic carbocycles. The number of rotatable bonds is 6. The highest BCUT2D eigenvalue weighted by Crippen LogP contribution is 2.36. The first-order valence-electron chi connectivity index (χ1n) is 8.42. The number of esters is 1. The van der Waals surface area contributed by atoms with E-state index in [1.807, 2.05) is 26.8 Å². The van der Waals surface area contributed by atoms with E-state index in [1.54, 1.807) is 19.2 Å². The Kier molecular flexibility index (Phi) is 5.82. The first kappa shape index (κ1) is 19.4. The molecule has 0 spiro atoms. The maximum Gasteiger partial charge on any atom is 0.348 e. The van der Waals surface area contributed by atoms with E-state index in [4.69, 9.17) is 21.1 Å². The highest BCUT2D eigenvalue weighted by atomic mass is 35.5. The van der Waals surface area contributed by atoms with Gasteiger partial charge in [0, 0.05) is 5.69 Å². The van der Waals surface area contributed by atoms with Crippen LogP contribution in [0.15, 0.2) is 24.5 Å². The quantitative estimate of drug-likeness (QED) is 0.567. The normalized spacial score (nSPS) is 11.0. The third-order valence-corrected chi connectivity index (χ3v) is 5.35. The molecular weight excluding hydrogens is 386 g/mol. The number of halogens is 1. The lowest BCUT2D eigenvalue weighted by atomic mass is 10.2. The van der Waals surface area contributed by atoms with Gasteiger partial charge in [-0.3, -0.25) is 0 Å². The fourth-order valence-electron chi connectivity index (χ4n) is 2.55. The van der Waals surface area contributed by atoms with Crippen molar-refractivity contribution in [3.05, 3.63) is 40.0 Å². The molecule has 0 saturated carbocycles. The number of nitrogens with one attached hydrogen (secondary N) is 1. The predicted molar refractivity (Wildman–Crippen MR) is 109 cm³/mol. The lowest BCUT2D eigenvalue weighted by Crippen LogP contribution is -2.09. The second-order valence-corrected chi connectivity index (χ2v) is 7.83. The molecule has 0 amide bonds. The van der Waals surface area contributed by atoms with E-state index >= 15 is 0 Å². The molecule has 8 heteroatoms. The summed E-state index contributed by atoms with van der Waals surface area (Å²) in [5, 5.41) is 4.54. The summed E-state index contributed by atoms with van der Waals surface area (Å²) in [4.78, 5) is 22.3. The minimum Gasteiger partial charge on any atom is -0.495 e. The highest BCUT2D eigenvalue weighted by Gasteiger charge is 2.21. The fraction of sp³-hybridized carbons (Fsp3) is 0.316. The number of hydrogen-bond donors (Lipinski definition) is 1. The molecule has 2 aromatic heterocycles. The van der Waals surface area contributed by atoms with Gasteiger partial charge in [-0.1, -0.05) is 25.4 Å². The maximum atomic E-state index is 12.4. The summed E-state index contributed by atoms with van der Waals surface area (Å²) in [7, 11) is 1.57. The summed E-state index contributed by atoms with van der Waals surface area (Å²) in [6.07, 6.45) is 1.47.